The molecule has 0 aliphatic carbocycles. The first-order valence-electron chi connectivity index (χ1n) is 5.64. The Morgan fingerprint density at radius 2 is 2.06 bits per heavy atom. The van der Waals surface area contributed by atoms with Crippen LogP contribution in [-0.4, -0.2) is 25.5 Å². The van der Waals surface area contributed by atoms with Gasteiger partial charge in [0.25, 0.3) is 0 Å². The average Bonchev–Trinajstić information content (AvgIpc) is 2.37. The molecule has 0 aliphatic heterocycles. The third-order valence-electron chi connectivity index (χ3n) is 3.04. The Morgan fingerprint density at radius 3 is 2.47 bits per heavy atom. The van der Waals surface area contributed by atoms with E-state index in [4.69, 9.17) is 5.73 Å². The van der Waals surface area contributed by atoms with Crippen LogP contribution < -0.4 is 10.5 Å². The van der Waals surface area contributed by atoms with Crippen molar-refractivity contribution in [3.63, 3.8) is 0 Å². The monoisotopic (exact) mass is 257 g/mol. The minimum atomic E-state index is -3.55. The van der Waals surface area contributed by atoms with Gasteiger partial charge in [0, 0.05) is 24.5 Å². The van der Waals surface area contributed by atoms with Crippen LogP contribution >= 0.6 is 0 Å². The van der Waals surface area contributed by atoms with Gasteiger partial charge in [0.1, 0.15) is 4.90 Å². The molecule has 17 heavy (non-hydrogen) atoms. The Bertz CT molecular complexity index is 433. The number of rotatable bonds is 6. The molecule has 1 aromatic heterocycles. The maximum atomic E-state index is 12.1. The van der Waals surface area contributed by atoms with Gasteiger partial charge in [-0.3, -0.25) is 4.98 Å². The number of nitrogens with two attached hydrogens (primary N) is 1. The normalized spacial score (nSPS) is 12.6. The summed E-state index contributed by atoms with van der Waals surface area (Å²) in [5.41, 5.74) is 5.10. The van der Waals surface area contributed by atoms with Gasteiger partial charge in [0.05, 0.1) is 0 Å². The second kappa shape index (κ2) is 5.57. The molecule has 0 atom stereocenters. The van der Waals surface area contributed by atoms with Gasteiger partial charge in [-0.2, -0.15) is 0 Å². The molecule has 0 fully saturated rings. The molecule has 3 N–H and O–H groups in total. The average molecular weight is 257 g/mol. The molecule has 0 bridgehead atoms. The van der Waals surface area contributed by atoms with E-state index in [1.165, 1.54) is 18.5 Å². The highest BCUT2D eigenvalue weighted by Gasteiger charge is 2.30. The molecular weight excluding hydrogens is 238 g/mol. The van der Waals surface area contributed by atoms with Crippen molar-refractivity contribution >= 4 is 10.0 Å². The van der Waals surface area contributed by atoms with E-state index >= 15 is 0 Å². The van der Waals surface area contributed by atoms with Crippen molar-refractivity contribution in [2.24, 2.45) is 5.73 Å². The van der Waals surface area contributed by atoms with Gasteiger partial charge >= 0.3 is 0 Å². The smallest absolute Gasteiger partial charge is 0.242 e. The minimum absolute atomic E-state index is 0.166. The Balaban J connectivity index is 3.01. The first-order chi connectivity index (χ1) is 7.99. The summed E-state index contributed by atoms with van der Waals surface area (Å²) in [7, 11) is -3.55. The lowest BCUT2D eigenvalue weighted by molar-refractivity contribution is 0.363. The van der Waals surface area contributed by atoms with E-state index in [-0.39, 0.29) is 11.4 Å². The fraction of sp³-hybridized carbons (Fsp3) is 0.545. The number of pyridine rings is 1. The van der Waals surface area contributed by atoms with Crippen LogP contribution in [0.2, 0.25) is 0 Å². The molecule has 0 spiro atoms. The summed E-state index contributed by atoms with van der Waals surface area (Å²) in [6, 6.07) is 3.11. The third kappa shape index (κ3) is 3.24. The highest BCUT2D eigenvalue weighted by molar-refractivity contribution is 7.89. The number of hydrogen-bond donors (Lipinski definition) is 2. The molecule has 0 aliphatic rings. The van der Waals surface area contributed by atoms with Gasteiger partial charge in [-0.25, -0.2) is 13.1 Å². The van der Waals surface area contributed by atoms with E-state index in [2.05, 4.69) is 9.71 Å². The second-order valence-electron chi connectivity index (χ2n) is 3.99. The zero-order valence-corrected chi connectivity index (χ0v) is 11.0. The number of nitrogens with one attached hydrogen (secondary N) is 1. The maximum Gasteiger partial charge on any atom is 0.242 e. The summed E-state index contributed by atoms with van der Waals surface area (Å²) < 4.78 is 26.9. The van der Waals surface area contributed by atoms with E-state index in [0.717, 1.165) is 0 Å². The van der Waals surface area contributed by atoms with Gasteiger partial charge in [0.2, 0.25) is 10.0 Å². The van der Waals surface area contributed by atoms with Crippen LogP contribution in [-0.2, 0) is 10.0 Å². The van der Waals surface area contributed by atoms with E-state index in [1.807, 2.05) is 13.8 Å². The van der Waals surface area contributed by atoms with Crippen molar-refractivity contribution < 1.29 is 8.42 Å². The highest BCUT2D eigenvalue weighted by atomic mass is 32.2. The quantitative estimate of drug-likeness (QED) is 0.792. The fourth-order valence-corrected chi connectivity index (χ4v) is 3.09. The standard InChI is InChI=1S/C11H19N3O2S/c1-3-11(4-2,9-12)14-17(15,16)10-6-5-7-13-8-10/h5-8,14H,3-4,9,12H2,1-2H3. The lowest BCUT2D eigenvalue weighted by atomic mass is 9.95. The molecule has 0 saturated heterocycles. The molecule has 0 aromatic carbocycles. The minimum Gasteiger partial charge on any atom is -0.329 e. The molecule has 6 heteroatoms. The van der Waals surface area contributed by atoms with Gasteiger partial charge in [-0.1, -0.05) is 13.8 Å². The van der Waals surface area contributed by atoms with Crippen molar-refractivity contribution in [2.75, 3.05) is 6.54 Å². The molecule has 0 unspecified atom stereocenters. The molecule has 0 saturated carbocycles. The van der Waals surface area contributed by atoms with Crippen LogP contribution in [0.4, 0.5) is 0 Å². The Labute approximate surface area is 102 Å². The summed E-state index contributed by atoms with van der Waals surface area (Å²) in [5.74, 6) is 0. The van der Waals surface area contributed by atoms with Crippen LogP contribution in [0.25, 0.3) is 0 Å². The number of sulfonamides is 1. The summed E-state index contributed by atoms with van der Waals surface area (Å²) in [4.78, 5) is 3.97. The van der Waals surface area contributed by atoms with Gasteiger partial charge < -0.3 is 5.73 Å². The largest absolute Gasteiger partial charge is 0.329 e. The van der Waals surface area contributed by atoms with Crippen LogP contribution in [0.1, 0.15) is 26.7 Å². The van der Waals surface area contributed by atoms with Gasteiger partial charge in [-0.05, 0) is 25.0 Å². The molecule has 1 aromatic rings. The predicted octanol–water partition coefficient (Wildman–Crippen LogP) is 0.877. The summed E-state index contributed by atoms with van der Waals surface area (Å²) in [6.07, 6.45) is 4.17. The summed E-state index contributed by atoms with van der Waals surface area (Å²) in [6.45, 7) is 4.11. The predicted molar refractivity (Wildman–Crippen MR) is 66.9 cm³/mol. The molecule has 96 valence electrons. The van der Waals surface area contributed by atoms with Gasteiger partial charge in [-0.15, -0.1) is 0 Å². The number of nitrogens with zero attached hydrogens (tertiary/aromatic N) is 1. The fourth-order valence-electron chi connectivity index (χ4n) is 1.57. The molecular formula is C11H19N3O2S. The zero-order chi connectivity index (χ0) is 12.9. The SMILES string of the molecule is CCC(CC)(CN)NS(=O)(=O)c1cccnc1. The zero-order valence-electron chi connectivity index (χ0n) is 10.2. The van der Waals surface area contributed by atoms with E-state index in [0.29, 0.717) is 12.8 Å². The number of aromatic nitrogens is 1. The van der Waals surface area contributed by atoms with Crippen molar-refractivity contribution in [3.05, 3.63) is 24.5 Å². The highest BCUT2D eigenvalue weighted by Crippen LogP contribution is 2.17. The second-order valence-corrected chi connectivity index (χ2v) is 5.67. The van der Waals surface area contributed by atoms with E-state index in [9.17, 15) is 8.42 Å². The van der Waals surface area contributed by atoms with Crippen LogP contribution in [0, 0.1) is 0 Å². The molecule has 1 heterocycles. The first kappa shape index (κ1) is 14.1. The maximum absolute atomic E-state index is 12.1. The lowest BCUT2D eigenvalue weighted by Gasteiger charge is -2.30. The van der Waals surface area contributed by atoms with Crippen molar-refractivity contribution in [1.82, 2.24) is 9.71 Å². The number of hydrogen-bond acceptors (Lipinski definition) is 4. The molecule has 0 amide bonds. The Kier molecular flexibility index (Phi) is 4.62. The Morgan fingerprint density at radius 1 is 1.41 bits per heavy atom. The van der Waals surface area contributed by atoms with Crippen LogP contribution in [0.3, 0.4) is 0 Å². The first-order valence-corrected chi connectivity index (χ1v) is 7.12. The van der Waals surface area contributed by atoms with Crippen LogP contribution in [0.15, 0.2) is 29.4 Å². The van der Waals surface area contributed by atoms with E-state index in [1.54, 1.807) is 6.07 Å². The molecule has 1 rings (SSSR count). The van der Waals surface area contributed by atoms with Crippen LogP contribution in [0.5, 0.6) is 0 Å². The lowest BCUT2D eigenvalue weighted by Crippen LogP contribution is -2.52. The topological polar surface area (TPSA) is 85.1 Å². The van der Waals surface area contributed by atoms with E-state index < -0.39 is 15.6 Å². The summed E-state index contributed by atoms with van der Waals surface area (Å²) >= 11 is 0. The van der Waals surface area contributed by atoms with Crippen molar-refractivity contribution in [1.29, 1.82) is 0 Å². The summed E-state index contributed by atoms with van der Waals surface area (Å²) in [5, 5.41) is 0. The van der Waals surface area contributed by atoms with Crippen molar-refractivity contribution in [3.8, 4) is 0 Å². The van der Waals surface area contributed by atoms with Crippen molar-refractivity contribution in [2.45, 2.75) is 37.1 Å². The van der Waals surface area contributed by atoms with Gasteiger partial charge in [0.15, 0.2) is 0 Å². The molecule has 0 radical (unpaired) electrons. The Hall–Kier alpha value is -0.980. The molecule has 5 nitrogen and oxygen atoms in total. The third-order valence-corrected chi connectivity index (χ3v) is 4.60.